The Kier molecular flexibility index (Phi) is 7.11. The predicted octanol–water partition coefficient (Wildman–Crippen LogP) is 2.32. The maximum absolute atomic E-state index is 5.99. The number of alkyl halides is 1. The molecule has 0 aliphatic carbocycles. The Hall–Kier alpha value is -1.83. The van der Waals surface area contributed by atoms with Crippen LogP contribution in [0.15, 0.2) is 18.5 Å². The molecule has 1 aromatic carbocycles. The summed E-state index contributed by atoms with van der Waals surface area (Å²) in [6.07, 6.45) is 3.14. The van der Waals surface area contributed by atoms with E-state index in [4.69, 9.17) is 31.5 Å². The highest BCUT2D eigenvalue weighted by Crippen LogP contribution is 2.33. The van der Waals surface area contributed by atoms with E-state index in [9.17, 15) is 0 Å². The van der Waals surface area contributed by atoms with Gasteiger partial charge in [-0.05, 0) is 18.9 Å². The summed E-state index contributed by atoms with van der Waals surface area (Å²) in [6, 6.07) is 3.70. The Morgan fingerprint density at radius 1 is 1.08 bits per heavy atom. The molecule has 7 nitrogen and oxygen atoms in total. The first-order chi connectivity index (χ1) is 12.8. The number of hydrogen-bond acceptors (Lipinski definition) is 7. The van der Waals surface area contributed by atoms with Crippen molar-refractivity contribution in [2.24, 2.45) is 0 Å². The second-order valence-electron chi connectivity index (χ2n) is 6.12. The first kappa shape index (κ1) is 18.9. The van der Waals surface area contributed by atoms with Crippen LogP contribution in [0.4, 0.5) is 5.82 Å². The van der Waals surface area contributed by atoms with Gasteiger partial charge in [-0.3, -0.25) is 4.90 Å². The molecule has 0 amide bonds. The highest BCUT2D eigenvalue weighted by molar-refractivity contribution is 6.17. The van der Waals surface area contributed by atoms with E-state index in [-0.39, 0.29) is 0 Å². The van der Waals surface area contributed by atoms with Gasteiger partial charge in [-0.2, -0.15) is 0 Å². The highest BCUT2D eigenvalue weighted by Gasteiger charge is 2.13. The average Bonchev–Trinajstić information content (AvgIpc) is 2.67. The topological polar surface area (TPSA) is 82.7 Å². The zero-order valence-electron chi connectivity index (χ0n) is 14.8. The van der Waals surface area contributed by atoms with Crippen molar-refractivity contribution in [3.63, 3.8) is 0 Å². The molecule has 1 aliphatic rings. The van der Waals surface area contributed by atoms with E-state index < -0.39 is 0 Å². The lowest BCUT2D eigenvalue weighted by Crippen LogP contribution is -2.37. The number of morpholine rings is 1. The molecule has 0 radical (unpaired) electrons. The number of anilines is 1. The van der Waals surface area contributed by atoms with Gasteiger partial charge in [0.1, 0.15) is 12.1 Å². The number of halogens is 1. The number of benzene rings is 1. The van der Waals surface area contributed by atoms with Crippen LogP contribution in [0.1, 0.15) is 12.8 Å². The van der Waals surface area contributed by atoms with E-state index >= 15 is 0 Å². The van der Waals surface area contributed by atoms with Crippen molar-refractivity contribution < 1.29 is 14.2 Å². The first-order valence-electron chi connectivity index (χ1n) is 8.94. The maximum Gasteiger partial charge on any atom is 0.163 e. The van der Waals surface area contributed by atoms with E-state index in [2.05, 4.69) is 14.9 Å². The van der Waals surface area contributed by atoms with Crippen LogP contribution in [0, 0.1) is 0 Å². The second-order valence-corrected chi connectivity index (χ2v) is 6.50. The van der Waals surface area contributed by atoms with Crippen molar-refractivity contribution in [2.75, 3.05) is 57.7 Å². The smallest absolute Gasteiger partial charge is 0.163 e. The highest BCUT2D eigenvalue weighted by atomic mass is 35.5. The third kappa shape index (κ3) is 5.09. The lowest BCUT2D eigenvalue weighted by molar-refractivity contribution is 0.0357. The van der Waals surface area contributed by atoms with Gasteiger partial charge in [-0.15, -0.1) is 11.6 Å². The quantitative estimate of drug-likeness (QED) is 0.528. The SMILES string of the molecule is Nc1ncnc2cc(OCCCCl)c(OCCCN3CCOCC3)cc12. The number of fused-ring (bicyclic) bond motifs is 1. The van der Waals surface area contributed by atoms with Crippen LogP contribution in [-0.4, -0.2) is 66.8 Å². The molecule has 1 fully saturated rings. The number of ether oxygens (including phenoxy) is 3. The molecule has 0 bridgehead atoms. The van der Waals surface area contributed by atoms with Crippen molar-refractivity contribution >= 4 is 28.3 Å². The summed E-state index contributed by atoms with van der Waals surface area (Å²) in [5.41, 5.74) is 6.70. The minimum atomic E-state index is 0.431. The number of nitrogens with zero attached hydrogens (tertiary/aromatic N) is 3. The summed E-state index contributed by atoms with van der Waals surface area (Å²) < 4.78 is 17.2. The third-order valence-electron chi connectivity index (χ3n) is 4.25. The molecular formula is C18H25ClN4O3. The molecule has 1 aliphatic heterocycles. The van der Waals surface area contributed by atoms with Gasteiger partial charge in [0.2, 0.25) is 0 Å². The van der Waals surface area contributed by atoms with Crippen molar-refractivity contribution in [1.82, 2.24) is 14.9 Å². The van der Waals surface area contributed by atoms with Crippen LogP contribution in [0.5, 0.6) is 11.5 Å². The van der Waals surface area contributed by atoms with E-state index in [1.807, 2.05) is 12.1 Å². The summed E-state index contributed by atoms with van der Waals surface area (Å²) in [7, 11) is 0. The number of aromatic nitrogens is 2. The Balaban J connectivity index is 1.65. The molecule has 2 heterocycles. The average molecular weight is 381 g/mol. The molecule has 0 saturated carbocycles. The van der Waals surface area contributed by atoms with Gasteiger partial charge < -0.3 is 19.9 Å². The van der Waals surface area contributed by atoms with E-state index in [0.29, 0.717) is 36.4 Å². The van der Waals surface area contributed by atoms with Crippen LogP contribution in [-0.2, 0) is 4.74 Å². The van der Waals surface area contributed by atoms with Crippen molar-refractivity contribution in [1.29, 1.82) is 0 Å². The molecule has 2 aromatic rings. The van der Waals surface area contributed by atoms with E-state index in [0.717, 1.165) is 56.6 Å². The molecule has 2 N–H and O–H groups in total. The van der Waals surface area contributed by atoms with Crippen LogP contribution < -0.4 is 15.2 Å². The molecule has 1 aromatic heterocycles. The van der Waals surface area contributed by atoms with Crippen molar-refractivity contribution in [3.05, 3.63) is 18.5 Å². The molecule has 0 unspecified atom stereocenters. The summed E-state index contributed by atoms with van der Waals surface area (Å²) >= 11 is 5.74. The lowest BCUT2D eigenvalue weighted by atomic mass is 10.2. The van der Waals surface area contributed by atoms with Gasteiger partial charge in [0, 0.05) is 37.0 Å². The van der Waals surface area contributed by atoms with Crippen molar-refractivity contribution in [2.45, 2.75) is 12.8 Å². The van der Waals surface area contributed by atoms with Gasteiger partial charge >= 0.3 is 0 Å². The Bertz CT molecular complexity index is 710. The monoisotopic (exact) mass is 380 g/mol. The largest absolute Gasteiger partial charge is 0.490 e. The van der Waals surface area contributed by atoms with Gasteiger partial charge in [0.25, 0.3) is 0 Å². The van der Waals surface area contributed by atoms with Crippen LogP contribution in [0.2, 0.25) is 0 Å². The normalized spacial score (nSPS) is 15.3. The molecule has 26 heavy (non-hydrogen) atoms. The van der Waals surface area contributed by atoms with Crippen LogP contribution >= 0.6 is 11.6 Å². The van der Waals surface area contributed by atoms with Crippen molar-refractivity contribution in [3.8, 4) is 11.5 Å². The zero-order valence-corrected chi connectivity index (χ0v) is 15.6. The summed E-state index contributed by atoms with van der Waals surface area (Å²) in [5, 5.41) is 0.764. The fourth-order valence-electron chi connectivity index (χ4n) is 2.84. The molecule has 0 spiro atoms. The standard InChI is InChI=1S/C18H25ClN4O3/c19-3-1-7-25-17-12-15-14(18(20)22-13-21-15)11-16(17)26-8-2-4-23-5-9-24-10-6-23/h11-13H,1-10H2,(H2,20,21,22). The Labute approximate surface area is 158 Å². The number of nitrogens with two attached hydrogens (primary N) is 1. The lowest BCUT2D eigenvalue weighted by Gasteiger charge is -2.26. The Morgan fingerprint density at radius 2 is 1.81 bits per heavy atom. The number of rotatable bonds is 9. The van der Waals surface area contributed by atoms with Gasteiger partial charge in [0.05, 0.1) is 31.9 Å². The van der Waals surface area contributed by atoms with E-state index in [1.165, 1.54) is 6.33 Å². The second kappa shape index (κ2) is 9.75. The fraction of sp³-hybridized carbons (Fsp3) is 0.556. The summed E-state index contributed by atoms with van der Waals surface area (Å²) in [4.78, 5) is 10.7. The summed E-state index contributed by atoms with van der Waals surface area (Å²) in [6.45, 7) is 5.70. The molecular weight excluding hydrogens is 356 g/mol. The molecule has 1 saturated heterocycles. The predicted molar refractivity (Wildman–Crippen MR) is 102 cm³/mol. The third-order valence-corrected chi connectivity index (χ3v) is 4.51. The minimum absolute atomic E-state index is 0.431. The molecule has 3 rings (SSSR count). The first-order valence-corrected chi connectivity index (χ1v) is 9.47. The fourth-order valence-corrected chi connectivity index (χ4v) is 2.95. The van der Waals surface area contributed by atoms with Crippen LogP contribution in [0.3, 0.4) is 0 Å². The molecule has 142 valence electrons. The number of hydrogen-bond donors (Lipinski definition) is 1. The van der Waals surface area contributed by atoms with Gasteiger partial charge in [-0.25, -0.2) is 9.97 Å². The number of nitrogen functional groups attached to an aromatic ring is 1. The van der Waals surface area contributed by atoms with Gasteiger partial charge in [0.15, 0.2) is 11.5 Å². The van der Waals surface area contributed by atoms with Crippen LogP contribution in [0.25, 0.3) is 10.9 Å². The molecule has 8 heteroatoms. The van der Waals surface area contributed by atoms with Gasteiger partial charge in [-0.1, -0.05) is 0 Å². The maximum atomic E-state index is 5.99. The molecule has 0 atom stereocenters. The van der Waals surface area contributed by atoms with E-state index in [1.54, 1.807) is 0 Å². The summed E-state index contributed by atoms with van der Waals surface area (Å²) in [5.74, 6) is 2.31. The minimum Gasteiger partial charge on any atom is -0.490 e. The zero-order chi connectivity index (χ0) is 18.2. The Morgan fingerprint density at radius 3 is 2.58 bits per heavy atom.